The Balaban J connectivity index is 1.95. The largest absolute Gasteiger partial charge is 0.273 e. The lowest BCUT2D eigenvalue weighted by Crippen LogP contribution is -2.68. The topological polar surface area (TPSA) is 63.5 Å². The standard InChI is InChI=1S/C19H18N2O3S/c1-2-3-13-19(14-7-5-4-6-8-14)17(22)20(18(19)25)15-9-11-16(12-10-15)21(23)24/h4-12H,2-3,13H2,1H3/t19-/m1/s1. The van der Waals surface area contributed by atoms with Crippen molar-refractivity contribution in [1.29, 1.82) is 0 Å². The number of hydrogen-bond acceptors (Lipinski definition) is 4. The molecule has 5 nitrogen and oxygen atoms in total. The van der Waals surface area contributed by atoms with Crippen molar-refractivity contribution < 1.29 is 9.72 Å². The molecule has 1 aliphatic rings. The molecule has 1 amide bonds. The van der Waals surface area contributed by atoms with Gasteiger partial charge in [-0.3, -0.25) is 19.8 Å². The van der Waals surface area contributed by atoms with Gasteiger partial charge in [-0.2, -0.15) is 0 Å². The molecule has 0 unspecified atom stereocenters. The first-order chi connectivity index (χ1) is 12.0. The third kappa shape index (κ3) is 2.72. The number of anilines is 1. The number of β-lactam (4-membered cyclic amide) rings is 1. The number of nitro benzene ring substituents is 1. The highest BCUT2D eigenvalue weighted by Gasteiger charge is 2.58. The van der Waals surface area contributed by atoms with Crippen molar-refractivity contribution in [3.63, 3.8) is 0 Å². The van der Waals surface area contributed by atoms with Gasteiger partial charge in [0.1, 0.15) is 10.4 Å². The van der Waals surface area contributed by atoms with Crippen LogP contribution >= 0.6 is 12.2 Å². The molecule has 1 fully saturated rings. The molecular formula is C19H18N2O3S. The summed E-state index contributed by atoms with van der Waals surface area (Å²) in [5.74, 6) is -0.0639. The van der Waals surface area contributed by atoms with Crippen LogP contribution in [0.2, 0.25) is 0 Å². The maximum Gasteiger partial charge on any atom is 0.269 e. The molecule has 0 bridgehead atoms. The maximum atomic E-state index is 13.1. The van der Waals surface area contributed by atoms with E-state index < -0.39 is 10.3 Å². The van der Waals surface area contributed by atoms with Gasteiger partial charge >= 0.3 is 0 Å². The fourth-order valence-electron chi connectivity index (χ4n) is 3.24. The minimum absolute atomic E-state index is 0.0112. The Morgan fingerprint density at radius 1 is 1.12 bits per heavy atom. The summed E-state index contributed by atoms with van der Waals surface area (Å²) in [6, 6.07) is 15.5. The van der Waals surface area contributed by atoms with Gasteiger partial charge in [0.05, 0.1) is 4.92 Å². The Bertz CT molecular complexity index is 802. The average molecular weight is 354 g/mol. The second-order valence-electron chi connectivity index (χ2n) is 6.09. The van der Waals surface area contributed by atoms with Crippen molar-refractivity contribution >= 4 is 34.5 Å². The minimum atomic E-state index is -0.769. The zero-order chi connectivity index (χ0) is 18.0. The second-order valence-corrected chi connectivity index (χ2v) is 6.48. The number of non-ortho nitro benzene ring substituents is 1. The molecule has 0 aromatic heterocycles. The number of hydrogen-bond donors (Lipinski definition) is 0. The molecule has 1 saturated heterocycles. The molecule has 128 valence electrons. The van der Waals surface area contributed by atoms with Crippen LogP contribution in [0.25, 0.3) is 0 Å². The monoisotopic (exact) mass is 354 g/mol. The van der Waals surface area contributed by atoms with E-state index in [2.05, 4.69) is 6.92 Å². The number of amides is 1. The van der Waals surface area contributed by atoms with Crippen LogP contribution in [0.5, 0.6) is 0 Å². The van der Waals surface area contributed by atoms with Crippen molar-refractivity contribution in [1.82, 2.24) is 0 Å². The summed E-state index contributed by atoms with van der Waals surface area (Å²) >= 11 is 5.65. The summed E-state index contributed by atoms with van der Waals surface area (Å²) in [6.07, 6.45) is 2.55. The molecule has 1 atom stereocenters. The Morgan fingerprint density at radius 2 is 1.76 bits per heavy atom. The predicted octanol–water partition coefficient (Wildman–Crippen LogP) is 4.40. The number of unbranched alkanes of at least 4 members (excludes halogenated alkanes) is 1. The maximum absolute atomic E-state index is 13.1. The highest BCUT2D eigenvalue weighted by molar-refractivity contribution is 7.81. The van der Waals surface area contributed by atoms with Crippen LogP contribution in [0, 0.1) is 10.1 Å². The molecule has 0 radical (unpaired) electrons. The lowest BCUT2D eigenvalue weighted by atomic mass is 9.69. The van der Waals surface area contributed by atoms with Crippen molar-refractivity contribution in [2.45, 2.75) is 31.6 Å². The van der Waals surface area contributed by atoms with E-state index in [0.29, 0.717) is 17.1 Å². The summed E-state index contributed by atoms with van der Waals surface area (Å²) in [5.41, 5.74) is 0.706. The summed E-state index contributed by atoms with van der Waals surface area (Å²) in [7, 11) is 0. The van der Waals surface area contributed by atoms with Gasteiger partial charge in [-0.1, -0.05) is 62.3 Å². The summed E-state index contributed by atoms with van der Waals surface area (Å²) in [4.78, 5) is 25.5. The average Bonchev–Trinajstić information content (AvgIpc) is 2.64. The summed E-state index contributed by atoms with van der Waals surface area (Å²) in [6.45, 7) is 2.08. The first-order valence-corrected chi connectivity index (χ1v) is 8.62. The van der Waals surface area contributed by atoms with Gasteiger partial charge in [0, 0.05) is 17.8 Å². The number of rotatable bonds is 6. The third-order valence-electron chi connectivity index (χ3n) is 4.63. The van der Waals surface area contributed by atoms with E-state index in [1.165, 1.54) is 17.0 Å². The van der Waals surface area contributed by atoms with Crippen LogP contribution in [0.3, 0.4) is 0 Å². The molecular weight excluding hydrogens is 336 g/mol. The van der Waals surface area contributed by atoms with E-state index in [-0.39, 0.29) is 11.6 Å². The number of carbonyl (C=O) groups is 1. The zero-order valence-electron chi connectivity index (χ0n) is 13.8. The molecule has 6 heteroatoms. The SMILES string of the molecule is CCCC[C@@]1(c2ccccc2)C(=O)N(c2ccc([N+](=O)[O-])cc2)C1=S. The highest BCUT2D eigenvalue weighted by atomic mass is 32.1. The van der Waals surface area contributed by atoms with Crippen LogP contribution in [-0.4, -0.2) is 15.8 Å². The van der Waals surface area contributed by atoms with E-state index in [9.17, 15) is 14.9 Å². The molecule has 25 heavy (non-hydrogen) atoms. The van der Waals surface area contributed by atoms with E-state index in [0.717, 1.165) is 18.4 Å². The van der Waals surface area contributed by atoms with Gasteiger partial charge in [0.25, 0.3) is 5.69 Å². The van der Waals surface area contributed by atoms with E-state index in [4.69, 9.17) is 12.2 Å². The van der Waals surface area contributed by atoms with Gasteiger partial charge < -0.3 is 0 Å². The van der Waals surface area contributed by atoms with Crippen molar-refractivity contribution in [3.8, 4) is 0 Å². The van der Waals surface area contributed by atoms with Gasteiger partial charge in [0.2, 0.25) is 5.91 Å². The fourth-order valence-corrected chi connectivity index (χ4v) is 3.74. The third-order valence-corrected chi connectivity index (χ3v) is 5.16. The fraction of sp³-hybridized carbons (Fsp3) is 0.263. The molecule has 0 N–H and O–H groups in total. The van der Waals surface area contributed by atoms with E-state index in [1.807, 2.05) is 30.3 Å². The summed E-state index contributed by atoms with van der Waals surface area (Å²) in [5, 5.41) is 10.8. The van der Waals surface area contributed by atoms with E-state index in [1.54, 1.807) is 12.1 Å². The number of nitro groups is 1. The van der Waals surface area contributed by atoms with Crippen LogP contribution in [0.1, 0.15) is 31.7 Å². The molecule has 2 aromatic carbocycles. The molecule has 1 heterocycles. The Labute approximate surface area is 151 Å². The number of carbonyl (C=O) groups excluding carboxylic acids is 1. The van der Waals surface area contributed by atoms with Crippen molar-refractivity contribution in [2.24, 2.45) is 0 Å². The van der Waals surface area contributed by atoms with Gasteiger partial charge in [-0.15, -0.1) is 0 Å². The molecule has 3 rings (SSSR count). The Hall–Kier alpha value is -2.60. The van der Waals surface area contributed by atoms with Crippen LogP contribution in [-0.2, 0) is 10.2 Å². The first kappa shape index (κ1) is 17.2. The van der Waals surface area contributed by atoms with Gasteiger partial charge in [0.15, 0.2) is 0 Å². The number of thiocarbonyl (C=S) groups is 1. The normalized spacial score (nSPS) is 19.6. The highest BCUT2D eigenvalue weighted by Crippen LogP contribution is 2.45. The minimum Gasteiger partial charge on any atom is -0.273 e. The van der Waals surface area contributed by atoms with Crippen LogP contribution in [0.4, 0.5) is 11.4 Å². The Morgan fingerprint density at radius 3 is 2.28 bits per heavy atom. The van der Waals surface area contributed by atoms with Crippen molar-refractivity contribution in [2.75, 3.05) is 4.90 Å². The van der Waals surface area contributed by atoms with Gasteiger partial charge in [-0.25, -0.2) is 0 Å². The molecule has 0 aliphatic carbocycles. The van der Waals surface area contributed by atoms with Crippen molar-refractivity contribution in [3.05, 3.63) is 70.3 Å². The smallest absolute Gasteiger partial charge is 0.269 e. The molecule has 0 saturated carbocycles. The predicted molar refractivity (Wildman–Crippen MR) is 101 cm³/mol. The van der Waals surface area contributed by atoms with Crippen LogP contribution in [0.15, 0.2) is 54.6 Å². The quantitative estimate of drug-likeness (QED) is 0.334. The lowest BCUT2D eigenvalue weighted by Gasteiger charge is -2.49. The Kier molecular flexibility index (Phi) is 4.63. The van der Waals surface area contributed by atoms with E-state index >= 15 is 0 Å². The summed E-state index contributed by atoms with van der Waals surface area (Å²) < 4.78 is 0. The molecule has 2 aromatic rings. The van der Waals surface area contributed by atoms with Gasteiger partial charge in [-0.05, 0) is 24.1 Å². The first-order valence-electron chi connectivity index (χ1n) is 8.21. The zero-order valence-corrected chi connectivity index (χ0v) is 14.7. The number of nitrogens with zero attached hydrogens (tertiary/aromatic N) is 2. The second kappa shape index (κ2) is 6.72. The molecule has 0 spiro atoms. The number of benzene rings is 2. The lowest BCUT2D eigenvalue weighted by molar-refractivity contribution is -0.384. The molecule has 1 aliphatic heterocycles. The van der Waals surface area contributed by atoms with Crippen LogP contribution < -0.4 is 4.90 Å².